The molecule has 18 heteroatoms. The SMILES string of the molecule is [C-]#[N+]/C(=C\c1nc(Cl)ccc1Cl)C(=O)NC(CCC)c1ccc(OCCOCCOCCOCCOCCOCCOCCCC(=O)c2ccc(-c3ccc4c(c3)[C@H](Nc3ccc(Cl)cc3)C[C@H](C)N4C(C)=O)cc2)cc1. The van der Waals surface area contributed by atoms with Crippen LogP contribution in [0.15, 0.2) is 109 Å². The number of aromatic nitrogens is 1. The molecule has 6 rings (SSSR count). The van der Waals surface area contributed by atoms with Crippen LogP contribution < -0.4 is 20.3 Å². The van der Waals surface area contributed by atoms with E-state index in [9.17, 15) is 14.4 Å². The number of amides is 2. The van der Waals surface area contributed by atoms with E-state index in [2.05, 4.69) is 33.5 Å². The first-order chi connectivity index (χ1) is 37.4. The number of nitrogens with one attached hydrogen (secondary N) is 2. The van der Waals surface area contributed by atoms with E-state index in [0.29, 0.717) is 121 Å². The van der Waals surface area contributed by atoms with E-state index < -0.39 is 5.91 Å². The molecular weight excluding hydrogens is 1050 g/mol. The standard InChI is InChI=1S/C59H68Cl3N5O10/c1-5-7-52(66-59(70)55(63-4)40-54-51(61)22-24-58(62)65-54)44-13-20-49(21-14-44)77-37-36-76-35-34-75-33-32-74-31-30-73-29-28-72-27-26-71-25-6-8-57(69)45-11-9-43(10-12-45)46-15-23-56-50(39-46)53(38-41(2)67(56)42(3)68)64-48-18-16-47(60)17-19-48/h9-24,39-41,52-53,64H,5-8,25-38H2,1-3H3,(H,66,70)/b55-40-/t41-,52?,53+/m0/s1. The molecule has 1 aliphatic rings. The highest BCUT2D eigenvalue weighted by molar-refractivity contribution is 6.33. The van der Waals surface area contributed by atoms with Crippen molar-refractivity contribution >= 4 is 69.9 Å². The molecule has 0 saturated heterocycles. The molecule has 410 valence electrons. The molecule has 4 aromatic carbocycles. The number of rotatable bonds is 33. The first kappa shape index (κ1) is 60.3. The van der Waals surface area contributed by atoms with Gasteiger partial charge in [0.05, 0.1) is 102 Å². The van der Waals surface area contributed by atoms with E-state index in [4.69, 9.17) is 74.5 Å². The van der Waals surface area contributed by atoms with Gasteiger partial charge in [-0.1, -0.05) is 90.6 Å². The van der Waals surface area contributed by atoms with Gasteiger partial charge in [0, 0.05) is 48.0 Å². The van der Waals surface area contributed by atoms with Crippen LogP contribution in [0.2, 0.25) is 15.2 Å². The fourth-order valence-electron chi connectivity index (χ4n) is 8.61. The lowest BCUT2D eigenvalue weighted by atomic mass is 9.88. The Balaban J connectivity index is 0.733. The van der Waals surface area contributed by atoms with Crippen LogP contribution in [-0.4, -0.2) is 115 Å². The van der Waals surface area contributed by atoms with Gasteiger partial charge in [0.2, 0.25) is 5.91 Å². The normalized spacial score (nSPS) is 14.6. The highest BCUT2D eigenvalue weighted by Gasteiger charge is 2.33. The number of nitrogens with zero attached hydrogens (tertiary/aromatic N) is 3. The zero-order valence-corrected chi connectivity index (χ0v) is 46.2. The molecule has 2 amide bonds. The number of anilines is 2. The molecule has 2 heterocycles. The van der Waals surface area contributed by atoms with Crippen LogP contribution in [0.1, 0.15) is 92.1 Å². The first-order valence-electron chi connectivity index (χ1n) is 25.9. The highest BCUT2D eigenvalue weighted by atomic mass is 35.5. The number of hydrogen-bond donors (Lipinski definition) is 2. The zero-order chi connectivity index (χ0) is 54.8. The number of carbonyl (C=O) groups is 3. The number of halogens is 3. The van der Waals surface area contributed by atoms with Crippen LogP contribution in [0.5, 0.6) is 5.75 Å². The van der Waals surface area contributed by atoms with Crippen LogP contribution in [-0.2, 0) is 38.0 Å². The zero-order valence-electron chi connectivity index (χ0n) is 43.9. The molecular formula is C59H68Cl3N5O10. The van der Waals surface area contributed by atoms with Gasteiger partial charge in [-0.25, -0.2) is 9.83 Å². The van der Waals surface area contributed by atoms with Crippen molar-refractivity contribution in [1.29, 1.82) is 0 Å². The third kappa shape index (κ3) is 19.8. The van der Waals surface area contributed by atoms with E-state index in [0.717, 1.165) is 46.5 Å². The molecule has 1 unspecified atom stereocenters. The van der Waals surface area contributed by atoms with Gasteiger partial charge in [0.25, 0.3) is 11.6 Å². The third-order valence-corrected chi connectivity index (χ3v) is 13.2. The summed E-state index contributed by atoms with van der Waals surface area (Å²) >= 11 is 18.3. The Labute approximate surface area is 467 Å². The Morgan fingerprint density at radius 2 is 1.32 bits per heavy atom. The predicted molar refractivity (Wildman–Crippen MR) is 302 cm³/mol. The lowest BCUT2D eigenvalue weighted by Crippen LogP contribution is -2.43. The van der Waals surface area contributed by atoms with Gasteiger partial charge in [0.1, 0.15) is 17.5 Å². The van der Waals surface area contributed by atoms with Crippen molar-refractivity contribution in [3.63, 3.8) is 0 Å². The molecule has 1 aliphatic heterocycles. The molecule has 0 radical (unpaired) electrons. The summed E-state index contributed by atoms with van der Waals surface area (Å²) in [6.45, 7) is 18.8. The molecule has 15 nitrogen and oxygen atoms in total. The minimum Gasteiger partial charge on any atom is -0.491 e. The lowest BCUT2D eigenvalue weighted by molar-refractivity contribution is -0.118. The number of ketones is 1. The second-order valence-corrected chi connectivity index (χ2v) is 19.3. The second kappa shape index (κ2) is 32.7. The van der Waals surface area contributed by atoms with Crippen LogP contribution >= 0.6 is 34.8 Å². The predicted octanol–water partition coefficient (Wildman–Crippen LogP) is 12.1. The van der Waals surface area contributed by atoms with Crippen molar-refractivity contribution in [3.8, 4) is 16.9 Å². The smallest absolute Gasteiger partial charge is 0.252 e. The van der Waals surface area contributed by atoms with Crippen LogP contribution in [0.25, 0.3) is 22.0 Å². The summed E-state index contributed by atoms with van der Waals surface area (Å²) in [7, 11) is 0. The number of pyridine rings is 1. The molecule has 1 aromatic heterocycles. The lowest BCUT2D eigenvalue weighted by Gasteiger charge is -2.39. The summed E-state index contributed by atoms with van der Waals surface area (Å²) in [5, 5.41) is 7.76. The van der Waals surface area contributed by atoms with E-state index in [1.54, 1.807) is 13.0 Å². The molecule has 0 aliphatic carbocycles. The van der Waals surface area contributed by atoms with Gasteiger partial charge in [-0.05, 0) is 115 Å². The minimum absolute atomic E-state index is 0.00629. The van der Waals surface area contributed by atoms with Gasteiger partial charge in [-0.15, -0.1) is 0 Å². The largest absolute Gasteiger partial charge is 0.491 e. The summed E-state index contributed by atoms with van der Waals surface area (Å²) in [6, 6.07) is 31.8. The summed E-state index contributed by atoms with van der Waals surface area (Å²) in [4.78, 5) is 48.1. The molecule has 0 spiro atoms. The Bertz CT molecular complexity index is 2720. The average Bonchev–Trinajstić information content (AvgIpc) is 3.45. The van der Waals surface area contributed by atoms with Crippen molar-refractivity contribution < 1.29 is 47.5 Å². The third-order valence-electron chi connectivity index (χ3n) is 12.4. The molecule has 5 aromatic rings. The molecule has 77 heavy (non-hydrogen) atoms. The van der Waals surface area contributed by atoms with E-state index >= 15 is 0 Å². The second-order valence-electron chi connectivity index (χ2n) is 18.1. The van der Waals surface area contributed by atoms with Gasteiger partial charge in [-0.3, -0.25) is 14.4 Å². The highest BCUT2D eigenvalue weighted by Crippen LogP contribution is 2.41. The van der Waals surface area contributed by atoms with Crippen molar-refractivity contribution in [2.45, 2.75) is 71.0 Å². The first-order valence-corrected chi connectivity index (χ1v) is 27.1. The van der Waals surface area contributed by atoms with Crippen molar-refractivity contribution in [3.05, 3.63) is 158 Å². The maximum atomic E-state index is 13.0. The summed E-state index contributed by atoms with van der Waals surface area (Å²) in [5.74, 6) is 0.210. The summed E-state index contributed by atoms with van der Waals surface area (Å²) in [6.07, 6.45) is 4.56. The van der Waals surface area contributed by atoms with Gasteiger partial charge < -0.3 is 48.7 Å². The summed E-state index contributed by atoms with van der Waals surface area (Å²) < 4.78 is 39.5. The number of Topliss-reactive ketones (excluding diaryl/α,β-unsaturated/α-hetero) is 1. The molecule has 0 saturated carbocycles. The Morgan fingerprint density at radius 3 is 1.91 bits per heavy atom. The van der Waals surface area contributed by atoms with Gasteiger partial charge in [-0.2, -0.15) is 0 Å². The Hall–Kier alpha value is -5.90. The summed E-state index contributed by atoms with van der Waals surface area (Å²) in [5.41, 5.74) is 6.54. The molecule has 3 atom stereocenters. The number of carbonyl (C=O) groups excluding carboxylic acids is 3. The topological polar surface area (TPSA) is 160 Å². The monoisotopic (exact) mass is 1110 g/mol. The molecule has 0 fully saturated rings. The van der Waals surface area contributed by atoms with E-state index in [-0.39, 0.29) is 51.4 Å². The fraction of sp³-hybridized carbons (Fsp3) is 0.407. The van der Waals surface area contributed by atoms with Crippen LogP contribution in [0, 0.1) is 6.57 Å². The van der Waals surface area contributed by atoms with Crippen molar-refractivity contribution in [1.82, 2.24) is 10.3 Å². The van der Waals surface area contributed by atoms with E-state index in [1.165, 1.54) is 12.1 Å². The maximum absolute atomic E-state index is 13.0. The minimum atomic E-state index is -0.530. The number of hydrogen-bond acceptors (Lipinski definition) is 12. The maximum Gasteiger partial charge on any atom is 0.252 e. The fourth-order valence-corrected chi connectivity index (χ4v) is 9.05. The van der Waals surface area contributed by atoms with E-state index in [1.807, 2.05) is 96.8 Å². The quantitative estimate of drug-likeness (QED) is 0.0135. The number of ether oxygens (including phenoxy) is 7. The van der Waals surface area contributed by atoms with Gasteiger partial charge in [0.15, 0.2) is 5.78 Å². The Kier molecular flexibility index (Phi) is 25.7. The average molecular weight is 1110 g/mol. The van der Waals surface area contributed by atoms with Crippen LogP contribution in [0.3, 0.4) is 0 Å². The Morgan fingerprint density at radius 1 is 0.740 bits per heavy atom. The molecule has 0 bridgehead atoms. The van der Waals surface area contributed by atoms with Crippen molar-refractivity contribution in [2.24, 2.45) is 0 Å². The number of benzene rings is 4. The number of fused-ring (bicyclic) bond motifs is 1. The van der Waals surface area contributed by atoms with Gasteiger partial charge >= 0.3 is 0 Å². The van der Waals surface area contributed by atoms with Crippen molar-refractivity contribution in [2.75, 3.05) is 96.1 Å². The van der Waals surface area contributed by atoms with Crippen LogP contribution in [0.4, 0.5) is 11.4 Å². The molecule has 2 N–H and O–H groups in total.